The van der Waals surface area contributed by atoms with Gasteiger partial charge in [0.05, 0.1) is 12.1 Å². The number of carbonyl (C=O) groups is 2. The third-order valence-electron chi connectivity index (χ3n) is 2.63. The van der Waals surface area contributed by atoms with Crippen molar-refractivity contribution in [1.29, 1.82) is 0 Å². The van der Waals surface area contributed by atoms with Gasteiger partial charge in [-0.2, -0.15) is 0 Å². The second-order valence-corrected chi connectivity index (χ2v) is 3.93. The smallest absolute Gasteiger partial charge is 0.240 e. The number of hydrogen-bond acceptors (Lipinski definition) is 4. The van der Waals surface area contributed by atoms with Gasteiger partial charge in [-0.25, -0.2) is 0 Å². The van der Waals surface area contributed by atoms with Crippen molar-refractivity contribution in [3.63, 3.8) is 0 Å². The molecule has 1 saturated heterocycles. The molecular weight excluding hydrogens is 210 g/mol. The van der Waals surface area contributed by atoms with Crippen LogP contribution in [0.2, 0.25) is 0 Å². The van der Waals surface area contributed by atoms with Crippen molar-refractivity contribution in [3.8, 4) is 0 Å². The number of nitrogens with two attached hydrogens (primary N) is 2. The molecule has 0 spiro atoms. The number of rotatable bonds is 4. The van der Waals surface area contributed by atoms with Crippen LogP contribution in [0.3, 0.4) is 0 Å². The van der Waals surface area contributed by atoms with Gasteiger partial charge < -0.3 is 21.5 Å². The van der Waals surface area contributed by atoms with Crippen LogP contribution in [0.1, 0.15) is 12.8 Å². The van der Waals surface area contributed by atoms with E-state index >= 15 is 0 Å². The largest absolute Gasteiger partial charge is 0.391 e. The summed E-state index contributed by atoms with van der Waals surface area (Å²) in [6.07, 6.45) is 1.34. The molecule has 90 valence electrons. The lowest BCUT2D eigenvalue weighted by molar-refractivity contribution is -0.138. The molecule has 0 aromatic heterocycles. The van der Waals surface area contributed by atoms with Gasteiger partial charge in [-0.05, 0) is 6.42 Å². The van der Waals surface area contributed by atoms with E-state index in [-0.39, 0.29) is 18.9 Å². The molecule has 1 fully saturated rings. The summed E-state index contributed by atoms with van der Waals surface area (Å²) in [6, 6.07) is -1.48. The highest BCUT2D eigenvalue weighted by molar-refractivity contribution is 5.89. The van der Waals surface area contributed by atoms with Gasteiger partial charge in [0.25, 0.3) is 0 Å². The van der Waals surface area contributed by atoms with E-state index in [0.29, 0.717) is 6.42 Å². The number of nitrogens with zero attached hydrogens (tertiary/aromatic N) is 1. The van der Waals surface area contributed by atoms with Crippen LogP contribution in [-0.4, -0.2) is 46.6 Å². The quantitative estimate of drug-likeness (QED) is 0.499. The van der Waals surface area contributed by atoms with Crippen molar-refractivity contribution in [2.75, 3.05) is 6.54 Å². The monoisotopic (exact) mass is 227 g/mol. The second kappa shape index (κ2) is 5.09. The van der Waals surface area contributed by atoms with Crippen molar-refractivity contribution in [2.45, 2.75) is 31.0 Å². The Kier molecular flexibility index (Phi) is 4.03. The summed E-state index contributed by atoms with van der Waals surface area (Å²) in [6.45, 7) is 3.60. The molecule has 1 rings (SSSR count). The molecule has 3 unspecified atom stereocenters. The van der Waals surface area contributed by atoms with Crippen LogP contribution in [-0.2, 0) is 9.59 Å². The van der Waals surface area contributed by atoms with Crippen molar-refractivity contribution < 1.29 is 14.7 Å². The first-order valence-electron chi connectivity index (χ1n) is 5.11. The van der Waals surface area contributed by atoms with Crippen LogP contribution in [0.15, 0.2) is 12.7 Å². The number of aliphatic hydroxyl groups is 1. The Balaban J connectivity index is 2.73. The molecule has 0 aliphatic carbocycles. The zero-order chi connectivity index (χ0) is 12.3. The van der Waals surface area contributed by atoms with Crippen LogP contribution >= 0.6 is 0 Å². The van der Waals surface area contributed by atoms with Gasteiger partial charge in [-0.3, -0.25) is 9.59 Å². The Hall–Kier alpha value is -1.40. The van der Waals surface area contributed by atoms with Crippen LogP contribution in [0.25, 0.3) is 0 Å². The third-order valence-corrected chi connectivity index (χ3v) is 2.63. The van der Waals surface area contributed by atoms with E-state index in [4.69, 9.17) is 11.5 Å². The first kappa shape index (κ1) is 12.7. The molecule has 6 nitrogen and oxygen atoms in total. The van der Waals surface area contributed by atoms with Crippen molar-refractivity contribution >= 4 is 11.8 Å². The molecule has 0 aromatic carbocycles. The van der Waals surface area contributed by atoms with Gasteiger partial charge in [-0.1, -0.05) is 6.08 Å². The summed E-state index contributed by atoms with van der Waals surface area (Å²) in [5.41, 5.74) is 10.8. The minimum atomic E-state index is -0.752. The topological polar surface area (TPSA) is 110 Å². The first-order valence-corrected chi connectivity index (χ1v) is 5.11. The predicted octanol–water partition coefficient (Wildman–Crippen LogP) is -1.66. The van der Waals surface area contributed by atoms with Gasteiger partial charge in [0.2, 0.25) is 11.8 Å². The molecule has 0 aromatic rings. The predicted molar refractivity (Wildman–Crippen MR) is 58.1 cm³/mol. The van der Waals surface area contributed by atoms with E-state index in [1.54, 1.807) is 0 Å². The van der Waals surface area contributed by atoms with Crippen LogP contribution in [0, 0.1) is 0 Å². The minimum Gasteiger partial charge on any atom is -0.391 e. The number of β-amino-alcohol motifs (C(OH)–C–C–N with tert-alkyl or cyclic N) is 1. The van der Waals surface area contributed by atoms with E-state index in [0.717, 1.165) is 0 Å². The molecule has 16 heavy (non-hydrogen) atoms. The van der Waals surface area contributed by atoms with Crippen molar-refractivity contribution in [2.24, 2.45) is 11.5 Å². The average molecular weight is 227 g/mol. The summed E-state index contributed by atoms with van der Waals surface area (Å²) in [4.78, 5) is 24.2. The second-order valence-electron chi connectivity index (χ2n) is 3.93. The highest BCUT2D eigenvalue weighted by Crippen LogP contribution is 2.18. The maximum atomic E-state index is 11.8. The molecule has 0 radical (unpaired) electrons. The fourth-order valence-corrected chi connectivity index (χ4v) is 1.82. The molecule has 0 bridgehead atoms. The maximum Gasteiger partial charge on any atom is 0.240 e. The number of primary amides is 1. The van der Waals surface area contributed by atoms with Crippen molar-refractivity contribution in [1.82, 2.24) is 4.90 Å². The summed E-state index contributed by atoms with van der Waals surface area (Å²) >= 11 is 0. The van der Waals surface area contributed by atoms with Crippen molar-refractivity contribution in [3.05, 3.63) is 12.7 Å². The van der Waals surface area contributed by atoms with Crippen LogP contribution < -0.4 is 11.5 Å². The average Bonchev–Trinajstić information content (AvgIpc) is 2.59. The molecular formula is C10H17N3O3. The van der Waals surface area contributed by atoms with E-state index in [2.05, 4.69) is 6.58 Å². The molecule has 1 aliphatic heterocycles. The van der Waals surface area contributed by atoms with Crippen LogP contribution in [0.4, 0.5) is 0 Å². The maximum absolute atomic E-state index is 11.8. The first-order chi connectivity index (χ1) is 7.47. The minimum absolute atomic E-state index is 0.108. The summed E-state index contributed by atoms with van der Waals surface area (Å²) in [7, 11) is 0. The Bertz CT molecular complexity index is 306. The fourth-order valence-electron chi connectivity index (χ4n) is 1.82. The Morgan fingerprint density at radius 2 is 2.25 bits per heavy atom. The molecule has 0 saturated carbocycles. The van der Waals surface area contributed by atoms with Crippen LogP contribution in [0.5, 0.6) is 0 Å². The number of amides is 2. The third kappa shape index (κ3) is 2.59. The fraction of sp³-hybridized carbons (Fsp3) is 0.600. The molecule has 3 atom stereocenters. The van der Waals surface area contributed by atoms with E-state index < -0.39 is 24.1 Å². The number of hydrogen-bond donors (Lipinski definition) is 3. The standard InChI is InChI=1S/C10H17N3O3/c1-2-3-7(11)10(16)13-5-6(14)4-8(13)9(12)15/h2,6-8,14H,1,3-5,11H2,(H2,12,15). The zero-order valence-corrected chi connectivity index (χ0v) is 9.00. The molecule has 6 heteroatoms. The lowest BCUT2D eigenvalue weighted by Gasteiger charge is -2.24. The normalized spacial score (nSPS) is 26.5. The summed E-state index contributed by atoms with van der Waals surface area (Å²) < 4.78 is 0. The van der Waals surface area contributed by atoms with E-state index in [9.17, 15) is 14.7 Å². The van der Waals surface area contributed by atoms with Gasteiger partial charge >= 0.3 is 0 Å². The Morgan fingerprint density at radius 3 is 2.75 bits per heavy atom. The highest BCUT2D eigenvalue weighted by Gasteiger charge is 2.38. The Morgan fingerprint density at radius 1 is 1.62 bits per heavy atom. The van der Waals surface area contributed by atoms with Gasteiger partial charge in [0.15, 0.2) is 0 Å². The Labute approximate surface area is 93.9 Å². The zero-order valence-electron chi connectivity index (χ0n) is 9.00. The number of carbonyl (C=O) groups excluding carboxylic acids is 2. The van der Waals surface area contributed by atoms with Gasteiger partial charge in [0.1, 0.15) is 6.04 Å². The van der Waals surface area contributed by atoms with E-state index in [1.165, 1.54) is 11.0 Å². The van der Waals surface area contributed by atoms with E-state index in [1.807, 2.05) is 0 Å². The number of aliphatic hydroxyl groups excluding tert-OH is 1. The molecule has 1 heterocycles. The molecule has 2 amide bonds. The lowest BCUT2D eigenvalue weighted by atomic mass is 10.1. The number of likely N-dealkylation sites (tertiary alicyclic amines) is 1. The van der Waals surface area contributed by atoms with Gasteiger partial charge in [-0.15, -0.1) is 6.58 Å². The SMILES string of the molecule is C=CCC(N)C(=O)N1CC(O)CC1C(N)=O. The van der Waals surface area contributed by atoms with Gasteiger partial charge in [0, 0.05) is 13.0 Å². The summed E-state index contributed by atoms with van der Waals surface area (Å²) in [5, 5.41) is 9.42. The highest BCUT2D eigenvalue weighted by atomic mass is 16.3. The molecule has 5 N–H and O–H groups in total. The lowest BCUT2D eigenvalue weighted by Crippen LogP contribution is -2.50. The summed E-state index contributed by atoms with van der Waals surface area (Å²) in [5.74, 6) is -0.990. The molecule has 1 aliphatic rings.